The molecule has 0 fully saturated rings. The molecule has 5 heteroatoms. The molecule has 0 heterocycles. The molecule has 1 amide bonds. The summed E-state index contributed by atoms with van der Waals surface area (Å²) in [7, 11) is 0. The number of amides is 1. The normalized spacial score (nSPS) is 16.8. The fourth-order valence-corrected chi connectivity index (χ4v) is 6.02. The number of rotatable bonds is 8. The minimum absolute atomic E-state index is 0.0166. The highest BCUT2D eigenvalue weighted by Crippen LogP contribution is 2.31. The van der Waals surface area contributed by atoms with Crippen LogP contribution in [0, 0.1) is 0 Å². The Bertz CT molecular complexity index is 1220. The van der Waals surface area contributed by atoms with Crippen molar-refractivity contribution < 1.29 is 4.79 Å². The highest BCUT2D eigenvalue weighted by Gasteiger charge is 2.22. The summed E-state index contributed by atoms with van der Waals surface area (Å²) >= 11 is 12.5. The fourth-order valence-electron chi connectivity index (χ4n) is 5.73. The van der Waals surface area contributed by atoms with Crippen molar-refractivity contribution in [2.24, 2.45) is 0 Å². The van der Waals surface area contributed by atoms with Crippen LogP contribution in [0.25, 0.3) is 0 Å². The van der Waals surface area contributed by atoms with Crippen molar-refractivity contribution in [2.45, 2.75) is 57.3 Å². The van der Waals surface area contributed by atoms with Crippen LogP contribution in [0.15, 0.2) is 60.7 Å². The van der Waals surface area contributed by atoms with Crippen LogP contribution in [0.2, 0.25) is 10.0 Å². The Morgan fingerprint density at radius 2 is 1.67 bits per heavy atom. The van der Waals surface area contributed by atoms with Crippen LogP contribution in [0.1, 0.15) is 70.6 Å². The summed E-state index contributed by atoms with van der Waals surface area (Å²) < 4.78 is 0. The maximum absolute atomic E-state index is 13.7. The van der Waals surface area contributed by atoms with Gasteiger partial charge in [0.25, 0.3) is 5.91 Å². The van der Waals surface area contributed by atoms with Crippen LogP contribution >= 0.6 is 23.2 Å². The summed E-state index contributed by atoms with van der Waals surface area (Å²) in [4.78, 5) is 15.6. The predicted octanol–water partition coefficient (Wildman–Crippen LogP) is 7.62. The Balaban J connectivity index is 1.25. The Kier molecular flexibility index (Phi) is 8.31. The average molecular weight is 522 g/mol. The molecule has 1 atom stereocenters. The van der Waals surface area contributed by atoms with E-state index in [2.05, 4.69) is 41.7 Å². The van der Waals surface area contributed by atoms with E-state index in [9.17, 15) is 4.79 Å². The highest BCUT2D eigenvalue weighted by molar-refractivity contribution is 6.42. The maximum atomic E-state index is 13.7. The number of nitrogens with zero attached hydrogens (tertiary/aromatic N) is 1. The Morgan fingerprint density at radius 1 is 0.861 bits per heavy atom. The van der Waals surface area contributed by atoms with E-state index in [4.69, 9.17) is 23.2 Å². The predicted molar refractivity (Wildman–Crippen MR) is 151 cm³/mol. The summed E-state index contributed by atoms with van der Waals surface area (Å²) in [5.41, 5.74) is 7.22. The van der Waals surface area contributed by atoms with Gasteiger partial charge in [-0.1, -0.05) is 53.5 Å². The Hall–Kier alpha value is -2.33. The first-order chi connectivity index (χ1) is 17.6. The van der Waals surface area contributed by atoms with Crippen molar-refractivity contribution in [2.75, 3.05) is 24.5 Å². The highest BCUT2D eigenvalue weighted by atomic mass is 35.5. The zero-order valence-corrected chi connectivity index (χ0v) is 22.3. The molecule has 188 valence electrons. The lowest BCUT2D eigenvalue weighted by atomic mass is 9.83. The van der Waals surface area contributed by atoms with Crippen LogP contribution in [0.4, 0.5) is 5.69 Å². The summed E-state index contributed by atoms with van der Waals surface area (Å²) in [5, 5.41) is 4.62. The summed E-state index contributed by atoms with van der Waals surface area (Å²) in [6.07, 6.45) is 9.11. The third-order valence-corrected chi connectivity index (χ3v) is 8.41. The van der Waals surface area contributed by atoms with Crippen molar-refractivity contribution in [3.63, 3.8) is 0 Å². The Morgan fingerprint density at radius 3 is 2.53 bits per heavy atom. The van der Waals surface area contributed by atoms with Crippen LogP contribution < -0.4 is 10.2 Å². The lowest BCUT2D eigenvalue weighted by molar-refractivity contribution is 0.0986. The molecule has 0 bridgehead atoms. The molecule has 0 aromatic heterocycles. The number of nitrogens with one attached hydrogen (secondary N) is 1. The minimum Gasteiger partial charge on any atom is -0.316 e. The van der Waals surface area contributed by atoms with Crippen molar-refractivity contribution in [3.05, 3.63) is 98.5 Å². The Labute approximate surface area is 224 Å². The quantitative estimate of drug-likeness (QED) is 0.309. The van der Waals surface area contributed by atoms with E-state index in [0.29, 0.717) is 22.5 Å². The topological polar surface area (TPSA) is 32.3 Å². The van der Waals surface area contributed by atoms with Gasteiger partial charge in [0.2, 0.25) is 0 Å². The molecule has 0 saturated carbocycles. The first-order valence-corrected chi connectivity index (χ1v) is 14.0. The van der Waals surface area contributed by atoms with Crippen LogP contribution in [-0.2, 0) is 19.3 Å². The summed E-state index contributed by atoms with van der Waals surface area (Å²) in [6.45, 7) is 2.44. The van der Waals surface area contributed by atoms with Crippen molar-refractivity contribution in [1.29, 1.82) is 0 Å². The lowest BCUT2D eigenvalue weighted by Gasteiger charge is -2.27. The first-order valence-electron chi connectivity index (χ1n) is 13.3. The van der Waals surface area contributed by atoms with E-state index in [1.54, 1.807) is 12.1 Å². The molecule has 0 saturated heterocycles. The molecule has 2 aliphatic carbocycles. The molecule has 2 aliphatic rings. The molecule has 0 spiro atoms. The second-order valence-corrected chi connectivity index (χ2v) is 10.9. The van der Waals surface area contributed by atoms with Gasteiger partial charge in [0.05, 0.1) is 10.0 Å². The molecule has 3 aromatic rings. The SMILES string of the molecule is O=C(c1ccc2c(c1)CCCC2)N(CCCNCC1CCCc2ccccc21)c1ccc(Cl)c(Cl)c1. The molecular weight excluding hydrogens is 487 g/mol. The molecule has 3 nitrogen and oxygen atoms in total. The zero-order valence-electron chi connectivity index (χ0n) is 20.7. The van der Waals surface area contributed by atoms with E-state index in [1.807, 2.05) is 17.0 Å². The van der Waals surface area contributed by atoms with Crippen LogP contribution in [0.5, 0.6) is 0 Å². The molecule has 1 N–H and O–H groups in total. The van der Waals surface area contributed by atoms with Gasteiger partial charge in [-0.05, 0) is 116 Å². The summed E-state index contributed by atoms with van der Waals surface area (Å²) in [5.74, 6) is 0.584. The van der Waals surface area contributed by atoms with Crippen molar-refractivity contribution in [1.82, 2.24) is 5.32 Å². The van der Waals surface area contributed by atoms with Gasteiger partial charge in [0.15, 0.2) is 0 Å². The van der Waals surface area contributed by atoms with Gasteiger partial charge in [0, 0.05) is 24.3 Å². The van der Waals surface area contributed by atoms with E-state index in [-0.39, 0.29) is 5.91 Å². The third kappa shape index (κ3) is 5.80. The van der Waals surface area contributed by atoms with Gasteiger partial charge in [-0.2, -0.15) is 0 Å². The number of anilines is 1. The monoisotopic (exact) mass is 520 g/mol. The molecule has 36 heavy (non-hydrogen) atoms. The third-order valence-electron chi connectivity index (χ3n) is 7.68. The second kappa shape index (κ2) is 11.8. The van der Waals surface area contributed by atoms with E-state index < -0.39 is 0 Å². The molecule has 3 aromatic carbocycles. The van der Waals surface area contributed by atoms with Crippen molar-refractivity contribution in [3.8, 4) is 0 Å². The number of benzene rings is 3. The maximum Gasteiger partial charge on any atom is 0.258 e. The van der Waals surface area contributed by atoms with Gasteiger partial charge < -0.3 is 10.2 Å². The van der Waals surface area contributed by atoms with Crippen LogP contribution in [-0.4, -0.2) is 25.5 Å². The van der Waals surface area contributed by atoms with Crippen molar-refractivity contribution >= 4 is 34.8 Å². The second-order valence-electron chi connectivity index (χ2n) is 10.1. The average Bonchev–Trinajstić information content (AvgIpc) is 2.92. The fraction of sp³-hybridized carbons (Fsp3) is 0.387. The minimum atomic E-state index is 0.0166. The molecule has 0 aliphatic heterocycles. The van der Waals surface area contributed by atoms with Crippen LogP contribution in [0.3, 0.4) is 0 Å². The molecule has 5 rings (SSSR count). The van der Waals surface area contributed by atoms with Gasteiger partial charge in [-0.25, -0.2) is 0 Å². The summed E-state index contributed by atoms with van der Waals surface area (Å²) in [6, 6.07) is 20.5. The van der Waals surface area contributed by atoms with Gasteiger partial charge in [0.1, 0.15) is 0 Å². The molecular formula is C31H34Cl2N2O. The largest absolute Gasteiger partial charge is 0.316 e. The number of hydrogen-bond donors (Lipinski definition) is 1. The number of carbonyl (C=O) groups is 1. The van der Waals surface area contributed by atoms with Gasteiger partial charge >= 0.3 is 0 Å². The standard InChI is InChI=1S/C31H34Cl2N2O/c32-29-16-15-27(20-30(29)33)35(31(36)25-14-13-22-7-1-2-9-24(22)19-25)18-6-17-34-21-26-11-5-10-23-8-3-4-12-28(23)26/h3-4,8,12-16,19-20,26,34H,1-2,5-7,9-11,17-18,21H2. The first kappa shape index (κ1) is 25.3. The number of halogens is 2. The zero-order chi connectivity index (χ0) is 24.9. The molecule has 1 unspecified atom stereocenters. The number of hydrogen-bond acceptors (Lipinski definition) is 2. The number of aryl methyl sites for hydroxylation is 3. The number of fused-ring (bicyclic) bond motifs is 2. The lowest BCUT2D eigenvalue weighted by Crippen LogP contribution is -2.34. The number of carbonyl (C=O) groups excluding carboxylic acids is 1. The van der Waals surface area contributed by atoms with E-state index in [1.165, 1.54) is 54.4 Å². The molecule has 0 radical (unpaired) electrons. The van der Waals surface area contributed by atoms with E-state index in [0.717, 1.165) is 43.6 Å². The van der Waals surface area contributed by atoms with Gasteiger partial charge in [-0.3, -0.25) is 4.79 Å². The van der Waals surface area contributed by atoms with E-state index >= 15 is 0 Å². The van der Waals surface area contributed by atoms with Gasteiger partial charge in [-0.15, -0.1) is 0 Å². The smallest absolute Gasteiger partial charge is 0.258 e.